The second-order valence-electron chi connectivity index (χ2n) is 2.59. The quantitative estimate of drug-likeness (QED) is 0.564. The smallest absolute Gasteiger partial charge is 0.0517 e. The van der Waals surface area contributed by atoms with Crippen LogP contribution in [0.15, 0.2) is 12.7 Å². The zero-order valence-corrected chi connectivity index (χ0v) is 6.45. The van der Waals surface area contributed by atoms with Crippen LogP contribution < -0.4 is 0 Å². The Labute approximate surface area is 62.2 Å². The average Bonchev–Trinajstić information content (AvgIpc) is 1.86. The Balaban J connectivity index is 3.49. The van der Waals surface area contributed by atoms with Gasteiger partial charge >= 0.3 is 0 Å². The molecule has 0 saturated heterocycles. The van der Waals surface area contributed by atoms with Crippen molar-refractivity contribution in [1.82, 2.24) is 0 Å². The molecule has 0 radical (unpaired) electrons. The fourth-order valence-corrected chi connectivity index (χ4v) is 0.936. The molecule has 2 nitrogen and oxygen atoms in total. The van der Waals surface area contributed by atoms with Gasteiger partial charge in [-0.1, -0.05) is 6.08 Å². The van der Waals surface area contributed by atoms with E-state index in [-0.39, 0.29) is 18.6 Å². The van der Waals surface area contributed by atoms with E-state index in [0.29, 0.717) is 12.8 Å². The van der Waals surface area contributed by atoms with E-state index in [1.54, 1.807) is 13.0 Å². The van der Waals surface area contributed by atoms with Gasteiger partial charge in [-0.2, -0.15) is 0 Å². The minimum Gasteiger partial charge on any atom is -0.396 e. The molecule has 2 N–H and O–H groups in total. The highest BCUT2D eigenvalue weighted by molar-refractivity contribution is 4.79. The molecule has 0 unspecified atom stereocenters. The fourth-order valence-electron chi connectivity index (χ4n) is 0.936. The van der Waals surface area contributed by atoms with Crippen molar-refractivity contribution in [3.8, 4) is 0 Å². The number of aliphatic hydroxyl groups is 2. The maximum absolute atomic E-state index is 8.95. The first-order chi connectivity index (χ1) is 4.70. The van der Waals surface area contributed by atoms with Gasteiger partial charge in [0, 0.05) is 6.61 Å². The van der Waals surface area contributed by atoms with Gasteiger partial charge < -0.3 is 10.2 Å². The Hall–Kier alpha value is -0.340. The van der Waals surface area contributed by atoms with E-state index in [1.165, 1.54) is 0 Å². The largest absolute Gasteiger partial charge is 0.396 e. The highest BCUT2D eigenvalue weighted by Gasteiger charge is 2.06. The van der Waals surface area contributed by atoms with Crippen LogP contribution in [0.3, 0.4) is 0 Å². The zero-order chi connectivity index (χ0) is 7.98. The van der Waals surface area contributed by atoms with Crippen LogP contribution in [0.2, 0.25) is 0 Å². The summed E-state index contributed by atoms with van der Waals surface area (Å²) in [6.45, 7) is 5.52. The van der Waals surface area contributed by atoms with Crippen molar-refractivity contribution in [2.24, 2.45) is 5.92 Å². The first kappa shape index (κ1) is 9.66. The molecule has 0 bridgehead atoms. The van der Waals surface area contributed by atoms with Crippen molar-refractivity contribution >= 4 is 0 Å². The topological polar surface area (TPSA) is 40.5 Å². The molecule has 0 aromatic rings. The predicted molar refractivity (Wildman–Crippen MR) is 41.7 cm³/mol. The van der Waals surface area contributed by atoms with Crippen LogP contribution >= 0.6 is 0 Å². The number of allylic oxidation sites excluding steroid dienone is 1. The standard InChI is InChI=1S/C8H16O2/c1-3-8(4-5-9)6-7(2)10/h3,7-10H,1,4-6H2,2H3/t7-,8+/m0/s1. The Morgan fingerprint density at radius 1 is 1.60 bits per heavy atom. The molecular formula is C8H16O2. The van der Waals surface area contributed by atoms with Gasteiger partial charge in [-0.05, 0) is 25.7 Å². The molecule has 0 aromatic heterocycles. The molecule has 60 valence electrons. The lowest BCUT2D eigenvalue weighted by molar-refractivity contribution is 0.159. The molecule has 0 spiro atoms. The van der Waals surface area contributed by atoms with E-state index >= 15 is 0 Å². The monoisotopic (exact) mass is 144 g/mol. The van der Waals surface area contributed by atoms with Crippen molar-refractivity contribution < 1.29 is 10.2 Å². The lowest BCUT2D eigenvalue weighted by Crippen LogP contribution is -2.09. The minimum absolute atomic E-state index is 0.170. The van der Waals surface area contributed by atoms with Crippen molar-refractivity contribution in [3.63, 3.8) is 0 Å². The van der Waals surface area contributed by atoms with Crippen molar-refractivity contribution in [3.05, 3.63) is 12.7 Å². The minimum atomic E-state index is -0.297. The highest BCUT2D eigenvalue weighted by atomic mass is 16.3. The van der Waals surface area contributed by atoms with Gasteiger partial charge in [0.2, 0.25) is 0 Å². The van der Waals surface area contributed by atoms with E-state index in [1.807, 2.05) is 0 Å². The van der Waals surface area contributed by atoms with Gasteiger partial charge in [0.05, 0.1) is 6.10 Å². The van der Waals surface area contributed by atoms with E-state index in [2.05, 4.69) is 6.58 Å². The van der Waals surface area contributed by atoms with Crippen molar-refractivity contribution in [1.29, 1.82) is 0 Å². The van der Waals surface area contributed by atoms with E-state index in [0.717, 1.165) is 0 Å². The van der Waals surface area contributed by atoms with Crippen LogP contribution in [-0.4, -0.2) is 22.9 Å². The fraction of sp³-hybridized carbons (Fsp3) is 0.750. The molecule has 2 heteroatoms. The summed E-state index contributed by atoms with van der Waals surface area (Å²) < 4.78 is 0. The van der Waals surface area contributed by atoms with Crippen LogP contribution in [0.4, 0.5) is 0 Å². The predicted octanol–water partition coefficient (Wildman–Crippen LogP) is 0.942. The Bertz CT molecular complexity index is 89.3. The third-order valence-electron chi connectivity index (χ3n) is 1.48. The molecule has 0 aromatic carbocycles. The summed E-state index contributed by atoms with van der Waals surface area (Å²) >= 11 is 0. The van der Waals surface area contributed by atoms with Crippen molar-refractivity contribution in [2.45, 2.75) is 25.9 Å². The lowest BCUT2D eigenvalue weighted by atomic mass is 9.99. The molecule has 0 amide bonds. The Morgan fingerprint density at radius 3 is 2.50 bits per heavy atom. The molecule has 0 aliphatic carbocycles. The normalized spacial score (nSPS) is 16.3. The van der Waals surface area contributed by atoms with Gasteiger partial charge in [-0.25, -0.2) is 0 Å². The third-order valence-corrected chi connectivity index (χ3v) is 1.48. The van der Waals surface area contributed by atoms with E-state index in [9.17, 15) is 0 Å². The van der Waals surface area contributed by atoms with E-state index in [4.69, 9.17) is 10.2 Å². The first-order valence-electron chi connectivity index (χ1n) is 3.62. The summed E-state index contributed by atoms with van der Waals surface area (Å²) in [4.78, 5) is 0. The number of aliphatic hydroxyl groups excluding tert-OH is 2. The second kappa shape index (κ2) is 5.45. The van der Waals surface area contributed by atoms with Crippen LogP contribution in [0.5, 0.6) is 0 Å². The number of rotatable bonds is 5. The van der Waals surface area contributed by atoms with Crippen molar-refractivity contribution in [2.75, 3.05) is 6.61 Å². The molecule has 10 heavy (non-hydrogen) atoms. The summed E-state index contributed by atoms with van der Waals surface area (Å²) in [6, 6.07) is 0. The molecule has 0 rings (SSSR count). The molecule has 2 atom stereocenters. The summed E-state index contributed by atoms with van der Waals surface area (Å²) in [5.74, 6) is 0.255. The summed E-state index contributed by atoms with van der Waals surface area (Å²) in [6.07, 6.45) is 2.89. The molecular weight excluding hydrogens is 128 g/mol. The summed E-state index contributed by atoms with van der Waals surface area (Å²) in [5, 5.41) is 17.5. The van der Waals surface area contributed by atoms with Crippen LogP contribution in [0.25, 0.3) is 0 Å². The molecule has 0 aliphatic heterocycles. The Kier molecular flexibility index (Phi) is 5.26. The highest BCUT2D eigenvalue weighted by Crippen LogP contribution is 2.11. The van der Waals surface area contributed by atoms with Gasteiger partial charge in [-0.15, -0.1) is 6.58 Å². The van der Waals surface area contributed by atoms with Crippen LogP contribution in [-0.2, 0) is 0 Å². The maximum Gasteiger partial charge on any atom is 0.0517 e. The summed E-state index contributed by atoms with van der Waals surface area (Å²) in [5.41, 5.74) is 0. The van der Waals surface area contributed by atoms with Gasteiger partial charge in [0.25, 0.3) is 0 Å². The molecule has 0 saturated carbocycles. The number of hydrogen-bond donors (Lipinski definition) is 2. The summed E-state index contributed by atoms with van der Waals surface area (Å²) in [7, 11) is 0. The SMILES string of the molecule is C=C[C@H](CCO)C[C@H](C)O. The Morgan fingerprint density at radius 2 is 2.20 bits per heavy atom. The molecule has 0 fully saturated rings. The van der Waals surface area contributed by atoms with Crippen LogP contribution in [0, 0.1) is 5.92 Å². The first-order valence-corrected chi connectivity index (χ1v) is 3.62. The maximum atomic E-state index is 8.95. The van der Waals surface area contributed by atoms with Crippen LogP contribution in [0.1, 0.15) is 19.8 Å². The van der Waals surface area contributed by atoms with Gasteiger partial charge in [0.1, 0.15) is 0 Å². The number of hydrogen-bond acceptors (Lipinski definition) is 2. The zero-order valence-electron chi connectivity index (χ0n) is 6.45. The molecule has 0 heterocycles. The molecule has 0 aliphatic rings. The van der Waals surface area contributed by atoms with Gasteiger partial charge in [0.15, 0.2) is 0 Å². The third kappa shape index (κ3) is 4.53. The van der Waals surface area contributed by atoms with Gasteiger partial charge in [-0.3, -0.25) is 0 Å². The lowest BCUT2D eigenvalue weighted by Gasteiger charge is -2.11. The second-order valence-corrected chi connectivity index (χ2v) is 2.59. The van der Waals surface area contributed by atoms with E-state index < -0.39 is 0 Å². The average molecular weight is 144 g/mol.